The first-order chi connectivity index (χ1) is 11.8. The van der Waals surface area contributed by atoms with Crippen molar-refractivity contribution < 1.29 is 4.74 Å². The van der Waals surface area contributed by atoms with Crippen LogP contribution < -0.4 is 10.5 Å². The highest BCUT2D eigenvalue weighted by Gasteiger charge is 2.17. The number of aromatic nitrogens is 2. The zero-order valence-corrected chi connectivity index (χ0v) is 14.1. The van der Waals surface area contributed by atoms with Gasteiger partial charge in [0.15, 0.2) is 4.96 Å². The fraction of sp³-hybridized carbons (Fsp3) is 0.105. The lowest BCUT2D eigenvalue weighted by Crippen LogP contribution is -2.03. The molecule has 2 heterocycles. The minimum absolute atomic E-state index is 0.430. The summed E-state index contributed by atoms with van der Waals surface area (Å²) in [6.07, 6.45) is 0. The van der Waals surface area contributed by atoms with Crippen LogP contribution in [0.3, 0.4) is 0 Å². The Labute approximate surface area is 144 Å². The zero-order valence-electron chi connectivity index (χ0n) is 13.3. The molecule has 2 N–H and O–H groups in total. The van der Waals surface area contributed by atoms with E-state index in [1.165, 1.54) is 0 Å². The van der Waals surface area contributed by atoms with Gasteiger partial charge < -0.3 is 10.5 Å². The highest BCUT2D eigenvalue weighted by atomic mass is 32.1. The summed E-state index contributed by atoms with van der Waals surface area (Å²) in [7, 11) is 1.67. The summed E-state index contributed by atoms with van der Waals surface area (Å²) in [5.74, 6) is 0.832. The van der Waals surface area contributed by atoms with Crippen molar-refractivity contribution in [3.63, 3.8) is 0 Å². The minimum atomic E-state index is 0.430. The normalized spacial score (nSPS) is 11.1. The monoisotopic (exact) mass is 335 g/mol. The smallest absolute Gasteiger partial charge is 0.195 e. The average Bonchev–Trinajstić information content (AvgIpc) is 3.21. The maximum absolute atomic E-state index is 6.08. The van der Waals surface area contributed by atoms with Gasteiger partial charge in [-0.1, -0.05) is 30.3 Å². The first-order valence-corrected chi connectivity index (χ1v) is 8.58. The van der Waals surface area contributed by atoms with Gasteiger partial charge in [-0.05, 0) is 29.8 Å². The van der Waals surface area contributed by atoms with Gasteiger partial charge in [0.05, 0.1) is 24.2 Å². The lowest BCUT2D eigenvalue weighted by Gasteiger charge is -2.06. The molecule has 0 fully saturated rings. The number of rotatable bonds is 4. The molecule has 0 radical (unpaired) electrons. The second-order valence-electron chi connectivity index (χ2n) is 5.44. The molecule has 0 aliphatic rings. The van der Waals surface area contributed by atoms with E-state index in [4.69, 9.17) is 15.5 Å². The molecule has 0 aliphatic heterocycles. The molecule has 4 aromatic rings. The fourth-order valence-corrected chi connectivity index (χ4v) is 3.81. The topological polar surface area (TPSA) is 52.5 Å². The number of benzene rings is 2. The third-order valence-electron chi connectivity index (χ3n) is 4.09. The Kier molecular flexibility index (Phi) is 3.80. The van der Waals surface area contributed by atoms with Crippen molar-refractivity contribution in [2.45, 2.75) is 6.54 Å². The molecule has 4 rings (SSSR count). The first kappa shape index (κ1) is 14.9. The number of hydrogen-bond acceptors (Lipinski definition) is 4. The summed E-state index contributed by atoms with van der Waals surface area (Å²) < 4.78 is 7.40. The Balaban J connectivity index is 1.90. The molecule has 0 saturated heterocycles. The highest BCUT2D eigenvalue weighted by molar-refractivity contribution is 7.15. The van der Waals surface area contributed by atoms with Gasteiger partial charge in [0, 0.05) is 17.5 Å². The van der Waals surface area contributed by atoms with Gasteiger partial charge >= 0.3 is 0 Å². The Morgan fingerprint density at radius 2 is 1.79 bits per heavy atom. The Bertz CT molecular complexity index is 971. The molecular weight excluding hydrogens is 318 g/mol. The van der Waals surface area contributed by atoms with Crippen molar-refractivity contribution >= 4 is 16.3 Å². The molecule has 2 aromatic carbocycles. The van der Waals surface area contributed by atoms with E-state index in [1.807, 2.05) is 42.5 Å². The number of nitrogens with zero attached hydrogens (tertiary/aromatic N) is 2. The molecular formula is C19H17N3OS. The largest absolute Gasteiger partial charge is 0.497 e. The Hall–Kier alpha value is -2.63. The molecule has 4 nitrogen and oxygen atoms in total. The van der Waals surface area contributed by atoms with Gasteiger partial charge in [0.1, 0.15) is 5.75 Å². The maximum atomic E-state index is 6.08. The van der Waals surface area contributed by atoms with Crippen LogP contribution in [-0.4, -0.2) is 16.5 Å². The van der Waals surface area contributed by atoms with Gasteiger partial charge in [-0.3, -0.25) is 4.40 Å². The molecule has 0 amide bonds. The molecule has 0 unspecified atom stereocenters. The van der Waals surface area contributed by atoms with Gasteiger partial charge in [-0.15, -0.1) is 11.3 Å². The van der Waals surface area contributed by atoms with Crippen molar-refractivity contribution in [1.29, 1.82) is 0 Å². The van der Waals surface area contributed by atoms with Crippen LogP contribution in [-0.2, 0) is 6.54 Å². The lowest BCUT2D eigenvalue weighted by atomic mass is 10.1. The van der Waals surface area contributed by atoms with Gasteiger partial charge in [0.25, 0.3) is 0 Å². The Morgan fingerprint density at radius 3 is 2.46 bits per heavy atom. The SMILES string of the molecule is COc1ccc(-c2nc3scc(-c4ccccc4)n3c2CN)cc1. The first-order valence-electron chi connectivity index (χ1n) is 7.70. The number of imidazole rings is 1. The van der Waals surface area contributed by atoms with Crippen LogP contribution in [0.1, 0.15) is 5.69 Å². The lowest BCUT2D eigenvalue weighted by molar-refractivity contribution is 0.415. The summed E-state index contributed by atoms with van der Waals surface area (Å²) in [6, 6.07) is 18.3. The van der Waals surface area contributed by atoms with Crippen molar-refractivity contribution in [3.05, 3.63) is 65.7 Å². The van der Waals surface area contributed by atoms with Crippen molar-refractivity contribution in [2.24, 2.45) is 5.73 Å². The van der Waals surface area contributed by atoms with Crippen LogP contribution in [0.25, 0.3) is 27.5 Å². The van der Waals surface area contributed by atoms with Crippen molar-refractivity contribution in [2.75, 3.05) is 7.11 Å². The van der Waals surface area contributed by atoms with Crippen LogP contribution in [0.5, 0.6) is 5.75 Å². The van der Waals surface area contributed by atoms with E-state index in [-0.39, 0.29) is 0 Å². The van der Waals surface area contributed by atoms with E-state index in [1.54, 1.807) is 18.4 Å². The summed E-state index contributed by atoms with van der Waals surface area (Å²) in [4.78, 5) is 5.77. The van der Waals surface area contributed by atoms with Crippen LogP contribution >= 0.6 is 11.3 Å². The molecule has 5 heteroatoms. The molecule has 0 aliphatic carbocycles. The van der Waals surface area contributed by atoms with E-state index < -0.39 is 0 Å². The van der Waals surface area contributed by atoms with Crippen LogP contribution in [0.15, 0.2) is 60.0 Å². The molecule has 2 aromatic heterocycles. The van der Waals surface area contributed by atoms with E-state index in [0.29, 0.717) is 6.54 Å². The summed E-state index contributed by atoms with van der Waals surface area (Å²) in [6.45, 7) is 0.430. The third-order valence-corrected chi connectivity index (χ3v) is 4.91. The van der Waals surface area contributed by atoms with Crippen LogP contribution in [0.2, 0.25) is 0 Å². The number of methoxy groups -OCH3 is 1. The number of hydrogen-bond donors (Lipinski definition) is 1. The predicted molar refractivity (Wildman–Crippen MR) is 98.4 cm³/mol. The molecule has 24 heavy (non-hydrogen) atoms. The van der Waals surface area contributed by atoms with E-state index in [0.717, 1.165) is 38.9 Å². The standard InChI is InChI=1S/C19H17N3OS/c1-23-15-9-7-14(8-10-15)18-16(11-20)22-17(12-24-19(22)21-18)13-5-3-2-4-6-13/h2-10,12H,11,20H2,1H3. The quantitative estimate of drug-likeness (QED) is 0.608. The summed E-state index contributed by atoms with van der Waals surface area (Å²) in [5, 5.41) is 2.13. The minimum Gasteiger partial charge on any atom is -0.497 e. The second kappa shape index (κ2) is 6.11. The fourth-order valence-electron chi connectivity index (χ4n) is 2.89. The number of nitrogens with two attached hydrogens (primary N) is 1. The zero-order chi connectivity index (χ0) is 16.5. The summed E-state index contributed by atoms with van der Waals surface area (Å²) >= 11 is 1.63. The van der Waals surface area contributed by atoms with E-state index in [2.05, 4.69) is 21.9 Å². The molecule has 120 valence electrons. The Morgan fingerprint density at radius 1 is 1.04 bits per heavy atom. The molecule has 0 atom stereocenters. The number of ether oxygens (including phenoxy) is 1. The third kappa shape index (κ3) is 2.38. The number of fused-ring (bicyclic) bond motifs is 1. The van der Waals surface area contributed by atoms with Crippen LogP contribution in [0, 0.1) is 0 Å². The van der Waals surface area contributed by atoms with Crippen LogP contribution in [0.4, 0.5) is 0 Å². The van der Waals surface area contributed by atoms with Gasteiger partial charge in [0.2, 0.25) is 0 Å². The maximum Gasteiger partial charge on any atom is 0.195 e. The molecule has 0 bridgehead atoms. The van der Waals surface area contributed by atoms with E-state index in [9.17, 15) is 0 Å². The van der Waals surface area contributed by atoms with E-state index >= 15 is 0 Å². The van der Waals surface area contributed by atoms with Gasteiger partial charge in [-0.2, -0.15) is 0 Å². The average molecular weight is 335 g/mol. The predicted octanol–water partition coefficient (Wildman–Crippen LogP) is 4.20. The number of thiazole rings is 1. The summed E-state index contributed by atoms with van der Waals surface area (Å²) in [5.41, 5.74) is 11.4. The molecule has 0 spiro atoms. The van der Waals surface area contributed by atoms with Gasteiger partial charge in [-0.25, -0.2) is 4.98 Å². The molecule has 0 saturated carbocycles. The van der Waals surface area contributed by atoms with Crippen molar-refractivity contribution in [3.8, 4) is 28.3 Å². The highest BCUT2D eigenvalue weighted by Crippen LogP contribution is 2.33. The second-order valence-corrected chi connectivity index (χ2v) is 6.28. The van der Waals surface area contributed by atoms with Crippen molar-refractivity contribution in [1.82, 2.24) is 9.38 Å².